The van der Waals surface area contributed by atoms with Crippen molar-refractivity contribution in [2.45, 2.75) is 6.42 Å². The first-order chi connectivity index (χ1) is 8.38. The number of rotatable bonds is 5. The first-order valence-corrected chi connectivity index (χ1v) is 5.51. The van der Waals surface area contributed by atoms with E-state index in [2.05, 4.69) is 27.4 Å². The molecule has 1 N–H and O–H groups in total. The van der Waals surface area contributed by atoms with E-state index in [9.17, 15) is 0 Å². The lowest BCUT2D eigenvalue weighted by Gasteiger charge is -2.05. The zero-order valence-electron chi connectivity index (χ0n) is 9.76. The topological polar surface area (TPSA) is 47.0 Å². The molecule has 0 spiro atoms. The first kappa shape index (κ1) is 11.4. The summed E-state index contributed by atoms with van der Waals surface area (Å²) in [6.45, 7) is 0.838. The molecule has 0 atom stereocenters. The third-order valence-corrected chi connectivity index (χ3v) is 2.44. The molecule has 2 aromatic rings. The molecule has 4 nitrogen and oxygen atoms in total. The van der Waals surface area contributed by atoms with Gasteiger partial charge in [0.1, 0.15) is 11.6 Å². The van der Waals surface area contributed by atoms with Gasteiger partial charge in [0.05, 0.1) is 13.3 Å². The van der Waals surface area contributed by atoms with Gasteiger partial charge in [0, 0.05) is 18.9 Å². The molecule has 0 unspecified atom stereocenters. The molecule has 88 valence electrons. The molecule has 4 heteroatoms. The zero-order chi connectivity index (χ0) is 11.9. The van der Waals surface area contributed by atoms with Gasteiger partial charge in [-0.05, 0) is 24.1 Å². The van der Waals surface area contributed by atoms with Crippen molar-refractivity contribution >= 4 is 5.82 Å². The van der Waals surface area contributed by atoms with E-state index in [1.165, 1.54) is 5.56 Å². The molecule has 0 saturated heterocycles. The fraction of sp³-hybridized carbons (Fsp3) is 0.231. The van der Waals surface area contributed by atoms with E-state index in [1.807, 2.05) is 12.1 Å². The van der Waals surface area contributed by atoms with E-state index in [1.54, 1.807) is 25.7 Å². The van der Waals surface area contributed by atoms with Gasteiger partial charge in [0.25, 0.3) is 0 Å². The summed E-state index contributed by atoms with van der Waals surface area (Å²) < 4.78 is 5.11. The Morgan fingerprint density at radius 1 is 1.18 bits per heavy atom. The summed E-state index contributed by atoms with van der Waals surface area (Å²) in [4.78, 5) is 8.14. The van der Waals surface area contributed by atoms with Gasteiger partial charge < -0.3 is 10.1 Å². The number of ether oxygens (including phenoxy) is 1. The van der Waals surface area contributed by atoms with Gasteiger partial charge in [0.15, 0.2) is 0 Å². The molecule has 0 amide bonds. The lowest BCUT2D eigenvalue weighted by atomic mass is 10.1. The van der Waals surface area contributed by atoms with Crippen LogP contribution < -0.4 is 10.1 Å². The van der Waals surface area contributed by atoms with Crippen LogP contribution in [-0.2, 0) is 6.42 Å². The quantitative estimate of drug-likeness (QED) is 0.853. The van der Waals surface area contributed by atoms with Crippen molar-refractivity contribution in [3.05, 3.63) is 48.4 Å². The second-order valence-corrected chi connectivity index (χ2v) is 3.62. The van der Waals surface area contributed by atoms with Crippen LogP contribution in [0.25, 0.3) is 0 Å². The molecule has 1 aromatic carbocycles. The maximum absolute atomic E-state index is 5.11. The highest BCUT2D eigenvalue weighted by molar-refractivity contribution is 5.31. The van der Waals surface area contributed by atoms with E-state index < -0.39 is 0 Å². The fourth-order valence-electron chi connectivity index (χ4n) is 1.52. The number of hydrogen-bond acceptors (Lipinski definition) is 4. The summed E-state index contributed by atoms with van der Waals surface area (Å²) in [5.41, 5.74) is 1.27. The lowest BCUT2D eigenvalue weighted by molar-refractivity contribution is 0.414. The molecule has 0 aliphatic heterocycles. The molecule has 0 saturated carbocycles. The number of nitrogens with zero attached hydrogens (tertiary/aromatic N) is 2. The van der Waals surface area contributed by atoms with Gasteiger partial charge in [0.2, 0.25) is 0 Å². The SMILES string of the molecule is COc1ccc(CCNc2cnccn2)cc1. The van der Waals surface area contributed by atoms with Crippen molar-refractivity contribution in [1.29, 1.82) is 0 Å². The highest BCUT2D eigenvalue weighted by atomic mass is 16.5. The van der Waals surface area contributed by atoms with E-state index in [-0.39, 0.29) is 0 Å². The smallest absolute Gasteiger partial charge is 0.144 e. The molecule has 0 aliphatic rings. The predicted molar refractivity (Wildman–Crippen MR) is 67.2 cm³/mol. The maximum atomic E-state index is 5.11. The third-order valence-electron chi connectivity index (χ3n) is 2.44. The highest BCUT2D eigenvalue weighted by Gasteiger charge is 1.95. The third kappa shape index (κ3) is 3.45. The van der Waals surface area contributed by atoms with E-state index in [4.69, 9.17) is 4.74 Å². The second-order valence-electron chi connectivity index (χ2n) is 3.62. The van der Waals surface area contributed by atoms with Crippen LogP contribution in [0.5, 0.6) is 5.75 Å². The molecule has 0 fully saturated rings. The highest BCUT2D eigenvalue weighted by Crippen LogP contribution is 2.11. The summed E-state index contributed by atoms with van der Waals surface area (Å²) >= 11 is 0. The molecule has 17 heavy (non-hydrogen) atoms. The molecular formula is C13H15N3O. The Morgan fingerprint density at radius 2 is 2.00 bits per heavy atom. The minimum Gasteiger partial charge on any atom is -0.497 e. The Hall–Kier alpha value is -2.10. The average Bonchev–Trinajstić information content (AvgIpc) is 2.41. The van der Waals surface area contributed by atoms with Crippen molar-refractivity contribution < 1.29 is 4.74 Å². The Bertz CT molecular complexity index is 442. The van der Waals surface area contributed by atoms with Crippen LogP contribution in [0.15, 0.2) is 42.9 Å². The van der Waals surface area contributed by atoms with Crippen LogP contribution in [0.3, 0.4) is 0 Å². The summed E-state index contributed by atoms with van der Waals surface area (Å²) in [6.07, 6.45) is 6.00. The average molecular weight is 229 g/mol. The minimum absolute atomic E-state index is 0.806. The van der Waals surface area contributed by atoms with Crippen molar-refractivity contribution in [3.63, 3.8) is 0 Å². The molecule has 1 aromatic heterocycles. The standard InChI is InChI=1S/C13H15N3O/c1-17-12-4-2-11(3-5-12)6-7-15-13-10-14-8-9-16-13/h2-5,8-10H,6-7H2,1H3,(H,15,16). The van der Waals surface area contributed by atoms with Crippen molar-refractivity contribution in [2.24, 2.45) is 0 Å². The lowest BCUT2D eigenvalue weighted by Crippen LogP contribution is -2.06. The van der Waals surface area contributed by atoms with Crippen molar-refractivity contribution in [2.75, 3.05) is 19.0 Å². The molecule has 0 aliphatic carbocycles. The number of hydrogen-bond donors (Lipinski definition) is 1. The molecular weight excluding hydrogens is 214 g/mol. The van der Waals surface area contributed by atoms with Crippen LogP contribution in [0, 0.1) is 0 Å². The van der Waals surface area contributed by atoms with Crippen LogP contribution in [0.1, 0.15) is 5.56 Å². The number of aromatic nitrogens is 2. The minimum atomic E-state index is 0.806. The molecule has 2 rings (SSSR count). The fourth-order valence-corrected chi connectivity index (χ4v) is 1.52. The van der Waals surface area contributed by atoms with Gasteiger partial charge in [-0.25, -0.2) is 4.98 Å². The van der Waals surface area contributed by atoms with Crippen LogP contribution in [0.2, 0.25) is 0 Å². The van der Waals surface area contributed by atoms with Gasteiger partial charge >= 0.3 is 0 Å². The van der Waals surface area contributed by atoms with Gasteiger partial charge in [-0.3, -0.25) is 4.98 Å². The van der Waals surface area contributed by atoms with Gasteiger partial charge in [-0.2, -0.15) is 0 Å². The molecule has 0 radical (unpaired) electrons. The van der Waals surface area contributed by atoms with Crippen molar-refractivity contribution in [3.8, 4) is 5.75 Å². The second kappa shape index (κ2) is 5.84. The summed E-state index contributed by atoms with van der Waals surface area (Å²) in [5.74, 6) is 1.69. The van der Waals surface area contributed by atoms with Gasteiger partial charge in [-0.1, -0.05) is 12.1 Å². The Balaban J connectivity index is 1.82. The van der Waals surface area contributed by atoms with Crippen LogP contribution in [0.4, 0.5) is 5.82 Å². The Labute approximate surface area is 101 Å². The molecule has 1 heterocycles. The number of nitrogens with one attached hydrogen (secondary N) is 1. The van der Waals surface area contributed by atoms with E-state index in [0.29, 0.717) is 0 Å². The summed E-state index contributed by atoms with van der Waals surface area (Å²) in [7, 11) is 1.67. The number of anilines is 1. The monoisotopic (exact) mass is 229 g/mol. The summed E-state index contributed by atoms with van der Waals surface area (Å²) in [5, 5.41) is 3.22. The zero-order valence-corrected chi connectivity index (χ0v) is 9.76. The Kier molecular flexibility index (Phi) is 3.91. The van der Waals surface area contributed by atoms with E-state index in [0.717, 1.165) is 24.5 Å². The first-order valence-electron chi connectivity index (χ1n) is 5.51. The number of benzene rings is 1. The largest absolute Gasteiger partial charge is 0.497 e. The summed E-state index contributed by atoms with van der Waals surface area (Å²) in [6, 6.07) is 8.07. The normalized spacial score (nSPS) is 9.94. The Morgan fingerprint density at radius 3 is 2.65 bits per heavy atom. The van der Waals surface area contributed by atoms with Crippen LogP contribution in [-0.4, -0.2) is 23.6 Å². The van der Waals surface area contributed by atoms with E-state index >= 15 is 0 Å². The van der Waals surface area contributed by atoms with Gasteiger partial charge in [-0.15, -0.1) is 0 Å². The maximum Gasteiger partial charge on any atom is 0.144 e. The molecule has 0 bridgehead atoms. The number of methoxy groups -OCH3 is 1. The predicted octanol–water partition coefficient (Wildman–Crippen LogP) is 2.14. The van der Waals surface area contributed by atoms with Crippen LogP contribution >= 0.6 is 0 Å². The van der Waals surface area contributed by atoms with Crippen molar-refractivity contribution in [1.82, 2.24) is 9.97 Å².